The monoisotopic (exact) mass is 344 g/mol. The maximum absolute atomic E-state index is 12.8. The van der Waals surface area contributed by atoms with Gasteiger partial charge in [-0.1, -0.05) is 6.07 Å². The van der Waals surface area contributed by atoms with Crippen molar-refractivity contribution in [3.63, 3.8) is 0 Å². The molecule has 0 bridgehead atoms. The van der Waals surface area contributed by atoms with E-state index in [0.29, 0.717) is 19.7 Å². The van der Waals surface area contributed by atoms with Crippen molar-refractivity contribution >= 4 is 11.9 Å². The number of carbonyl (C=O) groups excluding carboxylic acids is 1. The smallest absolute Gasteiger partial charge is 0.416 e. The Morgan fingerprint density at radius 2 is 2.00 bits per heavy atom. The standard InChI is InChI=1S/C16H20F3N3O2/c1-3-24-15(22-9-7-21(2)8-10-22)20-14(23)12-5-4-6-13(11-12)16(17,18)19/h4-6,11H,3,7-10H2,1-2H3/p+1. The van der Waals surface area contributed by atoms with Crippen LogP contribution in [0.1, 0.15) is 22.8 Å². The van der Waals surface area contributed by atoms with Gasteiger partial charge in [-0.2, -0.15) is 18.2 Å². The lowest BCUT2D eigenvalue weighted by atomic mass is 10.1. The first kappa shape index (κ1) is 18.3. The van der Waals surface area contributed by atoms with E-state index in [4.69, 9.17) is 4.74 Å². The van der Waals surface area contributed by atoms with Gasteiger partial charge in [-0.25, -0.2) is 0 Å². The van der Waals surface area contributed by atoms with Gasteiger partial charge in [0.1, 0.15) is 0 Å². The number of alkyl halides is 3. The highest BCUT2D eigenvalue weighted by atomic mass is 19.4. The maximum atomic E-state index is 12.8. The molecular formula is C16H21F3N3O2+. The fourth-order valence-corrected chi connectivity index (χ4v) is 2.38. The third-order valence-electron chi connectivity index (χ3n) is 3.79. The van der Waals surface area contributed by atoms with Crippen LogP contribution in [0, 0.1) is 0 Å². The summed E-state index contributed by atoms with van der Waals surface area (Å²) in [6.45, 7) is 5.22. The molecule has 2 rings (SSSR count). The summed E-state index contributed by atoms with van der Waals surface area (Å²) in [5.41, 5.74) is -0.980. The summed E-state index contributed by atoms with van der Waals surface area (Å²) < 4.78 is 43.7. The Hall–Kier alpha value is -2.09. The summed E-state index contributed by atoms with van der Waals surface area (Å²) >= 11 is 0. The van der Waals surface area contributed by atoms with E-state index in [-0.39, 0.29) is 11.6 Å². The largest absolute Gasteiger partial charge is 0.465 e. The fraction of sp³-hybridized carbons (Fsp3) is 0.500. The van der Waals surface area contributed by atoms with Gasteiger partial charge in [0.05, 0.1) is 45.4 Å². The topological polar surface area (TPSA) is 46.3 Å². The number of rotatable bonds is 2. The van der Waals surface area contributed by atoms with E-state index in [0.717, 1.165) is 25.2 Å². The van der Waals surface area contributed by atoms with Crippen molar-refractivity contribution in [3.05, 3.63) is 35.4 Å². The Bertz CT molecular complexity index is 609. The lowest BCUT2D eigenvalue weighted by Gasteiger charge is -2.31. The lowest BCUT2D eigenvalue weighted by molar-refractivity contribution is -0.883. The quantitative estimate of drug-likeness (QED) is 0.645. The van der Waals surface area contributed by atoms with Crippen LogP contribution in [-0.2, 0) is 10.9 Å². The molecule has 1 saturated heterocycles. The van der Waals surface area contributed by atoms with Crippen molar-refractivity contribution in [3.8, 4) is 0 Å². The predicted octanol–water partition coefficient (Wildman–Crippen LogP) is 1.07. The van der Waals surface area contributed by atoms with Gasteiger partial charge in [-0.05, 0) is 25.1 Å². The second-order valence-corrected chi connectivity index (χ2v) is 5.66. The van der Waals surface area contributed by atoms with Gasteiger partial charge in [-0.3, -0.25) is 4.79 Å². The number of ether oxygens (including phenoxy) is 1. The zero-order valence-corrected chi connectivity index (χ0v) is 13.7. The van der Waals surface area contributed by atoms with Crippen LogP contribution in [0.3, 0.4) is 0 Å². The average molecular weight is 344 g/mol. The molecule has 1 aliphatic heterocycles. The van der Waals surface area contributed by atoms with E-state index in [1.165, 1.54) is 17.0 Å². The number of nitrogens with zero attached hydrogens (tertiary/aromatic N) is 2. The molecule has 0 unspecified atom stereocenters. The molecule has 1 aromatic rings. The van der Waals surface area contributed by atoms with Crippen LogP contribution in [-0.4, -0.2) is 56.7 Å². The SMILES string of the molecule is CCOC(=NC(=O)c1cccc(C(F)(F)F)c1)N1CC[NH+](C)CC1. The summed E-state index contributed by atoms with van der Waals surface area (Å²) in [4.78, 5) is 19.4. The van der Waals surface area contributed by atoms with Crippen molar-refractivity contribution in [1.29, 1.82) is 0 Å². The molecule has 8 heteroatoms. The summed E-state index contributed by atoms with van der Waals surface area (Å²) in [5, 5.41) is 0. The molecule has 0 aromatic heterocycles. The molecule has 5 nitrogen and oxygen atoms in total. The number of piperazine rings is 1. The number of hydrogen-bond acceptors (Lipinski definition) is 2. The van der Waals surface area contributed by atoms with Gasteiger partial charge in [0, 0.05) is 5.56 Å². The van der Waals surface area contributed by atoms with Crippen LogP contribution in [0.5, 0.6) is 0 Å². The van der Waals surface area contributed by atoms with Gasteiger partial charge in [0.15, 0.2) is 0 Å². The summed E-state index contributed by atoms with van der Waals surface area (Å²) in [6, 6.07) is 4.42. The predicted molar refractivity (Wildman–Crippen MR) is 83.0 cm³/mol. The molecule has 1 aliphatic rings. The van der Waals surface area contributed by atoms with Crippen LogP contribution >= 0.6 is 0 Å². The first-order chi connectivity index (χ1) is 11.3. The van der Waals surface area contributed by atoms with Gasteiger partial charge >= 0.3 is 6.18 Å². The number of benzene rings is 1. The number of aliphatic imine (C=N–C) groups is 1. The highest BCUT2D eigenvalue weighted by molar-refractivity contribution is 6.01. The summed E-state index contributed by atoms with van der Waals surface area (Å²) in [7, 11) is 2.07. The van der Waals surface area contributed by atoms with E-state index >= 15 is 0 Å². The number of amides is 1. The molecule has 0 radical (unpaired) electrons. The molecule has 1 amide bonds. The third-order valence-corrected chi connectivity index (χ3v) is 3.79. The fourth-order valence-electron chi connectivity index (χ4n) is 2.38. The first-order valence-electron chi connectivity index (χ1n) is 7.80. The molecule has 1 fully saturated rings. The highest BCUT2D eigenvalue weighted by Gasteiger charge is 2.31. The number of amidine groups is 1. The van der Waals surface area contributed by atoms with Crippen LogP contribution < -0.4 is 4.90 Å². The minimum atomic E-state index is -4.50. The van der Waals surface area contributed by atoms with Crippen molar-refractivity contribution in [2.24, 2.45) is 4.99 Å². The highest BCUT2D eigenvalue weighted by Crippen LogP contribution is 2.29. The average Bonchev–Trinajstić information content (AvgIpc) is 2.54. The molecule has 0 atom stereocenters. The van der Waals surface area contributed by atoms with Crippen molar-refractivity contribution in [2.45, 2.75) is 13.1 Å². The zero-order chi connectivity index (χ0) is 17.7. The van der Waals surface area contributed by atoms with Crippen LogP contribution in [0.25, 0.3) is 0 Å². The minimum absolute atomic E-state index is 0.109. The summed E-state index contributed by atoms with van der Waals surface area (Å²) in [6.07, 6.45) is -4.50. The third kappa shape index (κ3) is 4.70. The second-order valence-electron chi connectivity index (χ2n) is 5.66. The van der Waals surface area contributed by atoms with Crippen LogP contribution in [0.4, 0.5) is 13.2 Å². The second kappa shape index (κ2) is 7.65. The number of nitrogens with one attached hydrogen (secondary N) is 1. The Labute approximate surface area is 138 Å². The van der Waals surface area contributed by atoms with E-state index in [9.17, 15) is 18.0 Å². The van der Waals surface area contributed by atoms with Crippen molar-refractivity contribution in [2.75, 3.05) is 39.8 Å². The lowest BCUT2D eigenvalue weighted by Crippen LogP contribution is -3.12. The number of halogens is 3. The first-order valence-corrected chi connectivity index (χ1v) is 7.80. The van der Waals surface area contributed by atoms with E-state index in [1.807, 2.05) is 4.90 Å². The zero-order valence-electron chi connectivity index (χ0n) is 13.7. The van der Waals surface area contributed by atoms with Crippen LogP contribution in [0.2, 0.25) is 0 Å². The molecule has 1 aromatic carbocycles. The normalized spacial score (nSPS) is 17.0. The maximum Gasteiger partial charge on any atom is 0.416 e. The molecule has 1 N–H and O–H groups in total. The van der Waals surface area contributed by atoms with Gasteiger partial charge in [-0.15, -0.1) is 0 Å². The number of carbonyl (C=O) groups is 1. The van der Waals surface area contributed by atoms with Gasteiger partial charge in [0.2, 0.25) is 0 Å². The number of quaternary nitrogens is 1. The van der Waals surface area contributed by atoms with Crippen molar-refractivity contribution < 1.29 is 27.6 Å². The molecule has 0 spiro atoms. The molecule has 1 heterocycles. The van der Waals surface area contributed by atoms with Crippen molar-refractivity contribution in [1.82, 2.24) is 4.90 Å². The van der Waals surface area contributed by atoms with Gasteiger partial charge in [0.25, 0.3) is 11.9 Å². The number of likely N-dealkylation sites (N-methyl/N-ethyl adjacent to an activating group) is 1. The summed E-state index contributed by atoms with van der Waals surface area (Å²) in [5.74, 6) is -0.740. The minimum Gasteiger partial charge on any atom is -0.465 e. The Morgan fingerprint density at radius 1 is 1.33 bits per heavy atom. The Morgan fingerprint density at radius 3 is 2.58 bits per heavy atom. The molecule has 0 aliphatic carbocycles. The van der Waals surface area contributed by atoms with E-state index < -0.39 is 17.6 Å². The Balaban J connectivity index is 2.21. The van der Waals surface area contributed by atoms with E-state index in [2.05, 4.69) is 12.0 Å². The molecular weight excluding hydrogens is 323 g/mol. The van der Waals surface area contributed by atoms with E-state index in [1.54, 1.807) is 6.92 Å². The Kier molecular flexibility index (Phi) is 5.82. The molecule has 24 heavy (non-hydrogen) atoms. The number of hydrogen-bond donors (Lipinski definition) is 1. The molecule has 0 saturated carbocycles. The van der Waals surface area contributed by atoms with Gasteiger partial charge < -0.3 is 14.5 Å². The van der Waals surface area contributed by atoms with Crippen LogP contribution in [0.15, 0.2) is 29.3 Å². The molecule has 132 valence electrons.